The van der Waals surface area contributed by atoms with Crippen LogP contribution in [-0.2, 0) is 19.1 Å². The highest BCUT2D eigenvalue weighted by Crippen LogP contribution is 1.88. The van der Waals surface area contributed by atoms with Crippen LogP contribution in [0.25, 0.3) is 0 Å². The molecule has 0 atom stereocenters. The molecule has 0 aromatic rings. The van der Waals surface area contributed by atoms with Gasteiger partial charge in [0.05, 0.1) is 13.0 Å². The van der Waals surface area contributed by atoms with Crippen molar-refractivity contribution in [2.24, 2.45) is 0 Å². The molecule has 0 amide bonds. The highest BCUT2D eigenvalue weighted by Gasteiger charge is 1.91. The third-order valence-corrected chi connectivity index (χ3v) is 1.59. The minimum absolute atomic E-state index is 0.0556. The summed E-state index contributed by atoms with van der Waals surface area (Å²) in [5.74, 6) is -2.09. The lowest BCUT2D eigenvalue weighted by Gasteiger charge is -1.97. The van der Waals surface area contributed by atoms with E-state index in [2.05, 4.69) is 24.5 Å². The molecule has 0 heterocycles. The first-order chi connectivity index (χ1) is 9.72. The second-order valence-corrected chi connectivity index (χ2v) is 3.70. The molecule has 0 aromatic carbocycles. The summed E-state index contributed by atoms with van der Waals surface area (Å²) < 4.78 is 4.67. The molecule has 0 saturated carbocycles. The van der Waals surface area contributed by atoms with Crippen LogP contribution >= 0.6 is 0 Å². The van der Waals surface area contributed by atoms with Gasteiger partial charge in [0.1, 0.15) is 0 Å². The minimum Gasteiger partial charge on any atom is -0.481 e. The van der Waals surface area contributed by atoms with Crippen LogP contribution < -0.4 is 0 Å². The number of carbonyl (C=O) groups excluding carboxylic acids is 1. The molecule has 0 aliphatic heterocycles. The predicted octanol–water partition coefficient (Wildman–Crippen LogP) is 2.81. The number of carboxylic acid groups (broad SMARTS) is 2. The van der Waals surface area contributed by atoms with Crippen molar-refractivity contribution in [2.45, 2.75) is 33.1 Å². The van der Waals surface area contributed by atoms with Crippen LogP contribution in [0.5, 0.6) is 0 Å². The molecule has 0 aliphatic rings. The first kappa shape index (κ1) is 23.7. The van der Waals surface area contributed by atoms with Gasteiger partial charge in [-0.25, -0.2) is 9.59 Å². The fraction of sp³-hybridized carbons (Fsp3) is 0.400. The van der Waals surface area contributed by atoms with E-state index in [1.807, 2.05) is 6.92 Å². The van der Waals surface area contributed by atoms with Crippen molar-refractivity contribution in [3.05, 3.63) is 37.5 Å². The second kappa shape index (κ2) is 17.6. The summed E-state index contributed by atoms with van der Waals surface area (Å²) in [7, 11) is 0. The number of hydrogen-bond acceptors (Lipinski definition) is 4. The smallest absolute Gasteiger partial charge is 0.330 e. The summed E-state index contributed by atoms with van der Waals surface area (Å²) in [6.07, 6.45) is 4.56. The van der Waals surface area contributed by atoms with E-state index in [1.165, 1.54) is 19.1 Å². The molecule has 6 nitrogen and oxygen atoms in total. The number of carboxylic acids is 2. The molecular weight excluding hydrogens is 276 g/mol. The zero-order valence-corrected chi connectivity index (χ0v) is 12.6. The largest absolute Gasteiger partial charge is 0.481 e. The van der Waals surface area contributed by atoms with Crippen molar-refractivity contribution in [1.82, 2.24) is 0 Å². The van der Waals surface area contributed by atoms with E-state index >= 15 is 0 Å². The SMILES string of the molecule is C=C(C)C(=O)O.C=CC(=O)OCCCC.C=CCC(=O)O. The van der Waals surface area contributed by atoms with Crippen molar-refractivity contribution < 1.29 is 29.3 Å². The van der Waals surface area contributed by atoms with Crippen molar-refractivity contribution in [3.8, 4) is 0 Å². The molecule has 0 unspecified atom stereocenters. The zero-order valence-electron chi connectivity index (χ0n) is 12.6. The Morgan fingerprint density at radius 3 is 1.86 bits per heavy atom. The molecule has 120 valence electrons. The minimum atomic E-state index is -0.935. The Morgan fingerprint density at radius 2 is 1.67 bits per heavy atom. The van der Waals surface area contributed by atoms with Crippen molar-refractivity contribution >= 4 is 17.9 Å². The molecule has 0 aliphatic carbocycles. The summed E-state index contributed by atoms with van der Waals surface area (Å²) in [6, 6.07) is 0. The quantitative estimate of drug-likeness (QED) is 0.324. The van der Waals surface area contributed by atoms with E-state index in [4.69, 9.17) is 10.2 Å². The Hall–Kier alpha value is -2.37. The first-order valence-corrected chi connectivity index (χ1v) is 6.23. The third-order valence-electron chi connectivity index (χ3n) is 1.59. The Morgan fingerprint density at radius 1 is 1.19 bits per heavy atom. The Bertz CT molecular complexity index is 345. The number of unbranched alkanes of at least 4 members (excludes halogenated alkanes) is 1. The molecular formula is C15H24O6. The maximum atomic E-state index is 10.3. The fourth-order valence-corrected chi connectivity index (χ4v) is 0.499. The van der Waals surface area contributed by atoms with E-state index in [9.17, 15) is 14.4 Å². The summed E-state index contributed by atoms with van der Waals surface area (Å²) in [6.45, 7) is 13.6. The Kier molecular flexibility index (Phi) is 19.9. The summed E-state index contributed by atoms with van der Waals surface area (Å²) >= 11 is 0. The van der Waals surface area contributed by atoms with Crippen LogP contribution in [0.4, 0.5) is 0 Å². The van der Waals surface area contributed by atoms with E-state index < -0.39 is 11.9 Å². The summed E-state index contributed by atoms with van der Waals surface area (Å²) in [4.78, 5) is 29.5. The van der Waals surface area contributed by atoms with E-state index in [1.54, 1.807) is 0 Å². The number of esters is 1. The number of aliphatic carboxylic acids is 2. The second-order valence-electron chi connectivity index (χ2n) is 3.70. The van der Waals surface area contributed by atoms with Gasteiger partial charge < -0.3 is 14.9 Å². The normalized spacial score (nSPS) is 7.90. The molecule has 0 fully saturated rings. The highest BCUT2D eigenvalue weighted by atomic mass is 16.5. The third kappa shape index (κ3) is 31.8. The first-order valence-electron chi connectivity index (χ1n) is 6.23. The van der Waals surface area contributed by atoms with Gasteiger partial charge in [-0.3, -0.25) is 4.79 Å². The molecule has 21 heavy (non-hydrogen) atoms. The molecule has 0 radical (unpaired) electrons. The lowest BCUT2D eigenvalue weighted by molar-refractivity contribution is -0.138. The van der Waals surface area contributed by atoms with E-state index in [0.29, 0.717) is 6.61 Å². The summed E-state index contributed by atoms with van der Waals surface area (Å²) in [5.41, 5.74) is 0.176. The number of carbonyl (C=O) groups is 3. The number of ether oxygens (including phenoxy) is 1. The monoisotopic (exact) mass is 300 g/mol. The molecule has 0 rings (SSSR count). The Labute approximate surface area is 125 Å². The number of rotatable bonds is 7. The van der Waals surface area contributed by atoms with Crippen LogP contribution in [0.3, 0.4) is 0 Å². The molecule has 0 aromatic heterocycles. The van der Waals surface area contributed by atoms with Gasteiger partial charge in [0.25, 0.3) is 0 Å². The van der Waals surface area contributed by atoms with Crippen LogP contribution in [-0.4, -0.2) is 34.7 Å². The van der Waals surface area contributed by atoms with Gasteiger partial charge in [0.2, 0.25) is 0 Å². The number of hydrogen-bond donors (Lipinski definition) is 2. The average Bonchev–Trinajstić information content (AvgIpc) is 2.40. The molecule has 2 N–H and O–H groups in total. The molecule has 0 saturated heterocycles. The van der Waals surface area contributed by atoms with Gasteiger partial charge >= 0.3 is 17.9 Å². The van der Waals surface area contributed by atoms with Gasteiger partial charge in [0.15, 0.2) is 0 Å². The van der Waals surface area contributed by atoms with Crippen molar-refractivity contribution in [3.63, 3.8) is 0 Å². The van der Waals surface area contributed by atoms with Crippen LogP contribution in [0.1, 0.15) is 33.1 Å². The van der Waals surface area contributed by atoms with Gasteiger partial charge in [0, 0.05) is 11.6 Å². The predicted molar refractivity (Wildman–Crippen MR) is 81.0 cm³/mol. The van der Waals surface area contributed by atoms with Gasteiger partial charge in [-0.15, -0.1) is 6.58 Å². The van der Waals surface area contributed by atoms with Crippen molar-refractivity contribution in [2.75, 3.05) is 6.61 Å². The molecule has 0 spiro atoms. The fourth-order valence-electron chi connectivity index (χ4n) is 0.499. The van der Waals surface area contributed by atoms with Crippen LogP contribution in [0.2, 0.25) is 0 Å². The molecule has 0 bridgehead atoms. The average molecular weight is 300 g/mol. The molecule has 6 heteroatoms. The Balaban J connectivity index is -0.000000240. The van der Waals surface area contributed by atoms with Gasteiger partial charge in [-0.2, -0.15) is 0 Å². The standard InChI is InChI=1S/C7H12O2.2C4H6O2/c1-3-5-6-9-7(8)4-2;1-3(2)4(5)6;1-2-3-4(5)6/h4H,2-3,5-6H2,1H3;1H2,2H3,(H,5,6);2H,1,3H2,(H,5,6). The zero-order chi connectivity index (χ0) is 17.3. The topological polar surface area (TPSA) is 101 Å². The van der Waals surface area contributed by atoms with E-state index in [0.717, 1.165) is 12.8 Å². The van der Waals surface area contributed by atoms with E-state index in [-0.39, 0.29) is 18.0 Å². The lowest BCUT2D eigenvalue weighted by atomic mass is 10.4. The lowest BCUT2D eigenvalue weighted by Crippen LogP contribution is -2.00. The van der Waals surface area contributed by atoms with Crippen LogP contribution in [0.15, 0.2) is 37.5 Å². The maximum absolute atomic E-state index is 10.3. The maximum Gasteiger partial charge on any atom is 0.330 e. The van der Waals surface area contributed by atoms with Crippen LogP contribution in [0, 0.1) is 0 Å². The van der Waals surface area contributed by atoms with Gasteiger partial charge in [-0.05, 0) is 13.3 Å². The van der Waals surface area contributed by atoms with Crippen molar-refractivity contribution in [1.29, 1.82) is 0 Å². The summed E-state index contributed by atoms with van der Waals surface area (Å²) in [5, 5.41) is 15.7. The van der Waals surface area contributed by atoms with Gasteiger partial charge in [-0.1, -0.05) is 32.6 Å². The highest BCUT2D eigenvalue weighted by molar-refractivity contribution is 5.84.